The summed E-state index contributed by atoms with van der Waals surface area (Å²) in [6.07, 6.45) is 0.727. The molecule has 8 heteroatoms. The highest BCUT2D eigenvalue weighted by molar-refractivity contribution is 5.93. The Labute approximate surface area is 122 Å². The van der Waals surface area contributed by atoms with Gasteiger partial charge in [-0.3, -0.25) is 4.79 Å². The van der Waals surface area contributed by atoms with Crippen molar-refractivity contribution in [1.29, 1.82) is 0 Å². The van der Waals surface area contributed by atoms with E-state index in [4.69, 9.17) is 0 Å². The van der Waals surface area contributed by atoms with Crippen LogP contribution in [0.25, 0.3) is 5.78 Å². The number of aromatic nitrogens is 5. The van der Waals surface area contributed by atoms with Crippen LogP contribution in [0, 0.1) is 6.92 Å². The van der Waals surface area contributed by atoms with Gasteiger partial charge in [0.25, 0.3) is 11.7 Å². The van der Waals surface area contributed by atoms with Gasteiger partial charge in [-0.25, -0.2) is 0 Å². The Bertz CT molecular complexity index is 672. The van der Waals surface area contributed by atoms with Crippen molar-refractivity contribution >= 4 is 11.7 Å². The predicted molar refractivity (Wildman–Crippen MR) is 76.1 cm³/mol. The summed E-state index contributed by atoms with van der Waals surface area (Å²) in [4.78, 5) is 20.9. The first-order valence-electron chi connectivity index (χ1n) is 7.17. The number of nitrogens with zero attached hydrogens (tertiary/aromatic N) is 7. The fourth-order valence-corrected chi connectivity index (χ4v) is 2.41. The zero-order chi connectivity index (χ0) is 15.0. The summed E-state index contributed by atoms with van der Waals surface area (Å²) in [6, 6.07) is 0. The maximum Gasteiger partial charge on any atom is 0.276 e. The highest BCUT2D eigenvalue weighted by Crippen LogP contribution is 2.11. The second-order valence-electron chi connectivity index (χ2n) is 5.32. The molecule has 1 aliphatic heterocycles. The molecular formula is C13H19N7O. The second-order valence-corrected chi connectivity index (χ2v) is 5.32. The molecule has 2 aromatic heterocycles. The van der Waals surface area contributed by atoms with Crippen LogP contribution in [-0.2, 0) is 6.42 Å². The van der Waals surface area contributed by atoms with E-state index in [9.17, 15) is 4.79 Å². The molecule has 0 unspecified atom stereocenters. The highest BCUT2D eigenvalue weighted by Gasteiger charge is 2.24. The quantitative estimate of drug-likeness (QED) is 0.760. The number of carbonyl (C=O) groups is 1. The van der Waals surface area contributed by atoms with E-state index in [1.165, 1.54) is 0 Å². The van der Waals surface area contributed by atoms with Crippen LogP contribution in [0.2, 0.25) is 0 Å². The Hall–Kier alpha value is -2.09. The molecule has 0 atom stereocenters. The molecule has 0 bridgehead atoms. The van der Waals surface area contributed by atoms with E-state index in [0.29, 0.717) is 36.1 Å². The lowest BCUT2D eigenvalue weighted by Crippen LogP contribution is -2.47. The topological polar surface area (TPSA) is 79.5 Å². The SMILES string of the molecule is CCc1nc2nnc(C(=O)N3CCN(C)CC3)c(C)n2n1. The number of piperazine rings is 1. The van der Waals surface area contributed by atoms with E-state index in [0.717, 1.165) is 19.5 Å². The number of hydrogen-bond acceptors (Lipinski definition) is 6. The first-order chi connectivity index (χ1) is 10.1. The van der Waals surface area contributed by atoms with Gasteiger partial charge in [0, 0.05) is 32.6 Å². The normalized spacial score (nSPS) is 16.6. The summed E-state index contributed by atoms with van der Waals surface area (Å²) in [6.45, 7) is 7.00. The Balaban J connectivity index is 1.92. The number of rotatable bonds is 2. The van der Waals surface area contributed by atoms with E-state index in [1.807, 2.05) is 18.7 Å². The fraction of sp³-hybridized carbons (Fsp3) is 0.615. The van der Waals surface area contributed by atoms with Crippen LogP contribution in [-0.4, -0.2) is 73.7 Å². The summed E-state index contributed by atoms with van der Waals surface area (Å²) in [5.41, 5.74) is 1.05. The standard InChI is InChI=1S/C13H19N7O/c1-4-10-14-13-16-15-11(9(2)20(13)17-10)12(21)19-7-5-18(3)6-8-19/h4-8H2,1-3H3. The molecule has 1 aliphatic rings. The molecule has 1 saturated heterocycles. The van der Waals surface area contributed by atoms with Crippen molar-refractivity contribution in [3.8, 4) is 0 Å². The Kier molecular flexibility index (Phi) is 3.54. The first kappa shape index (κ1) is 13.9. The van der Waals surface area contributed by atoms with Gasteiger partial charge in [0.2, 0.25) is 0 Å². The van der Waals surface area contributed by atoms with Gasteiger partial charge in [-0.1, -0.05) is 6.92 Å². The van der Waals surface area contributed by atoms with Crippen LogP contribution in [0.1, 0.15) is 28.9 Å². The first-order valence-corrected chi connectivity index (χ1v) is 7.17. The molecule has 0 saturated carbocycles. The molecule has 1 amide bonds. The van der Waals surface area contributed by atoms with Gasteiger partial charge < -0.3 is 9.80 Å². The van der Waals surface area contributed by atoms with Gasteiger partial charge in [-0.05, 0) is 14.0 Å². The van der Waals surface area contributed by atoms with E-state index < -0.39 is 0 Å². The van der Waals surface area contributed by atoms with Crippen molar-refractivity contribution in [2.45, 2.75) is 20.3 Å². The molecule has 0 aliphatic carbocycles. The minimum Gasteiger partial charge on any atom is -0.335 e. The third-order valence-electron chi connectivity index (χ3n) is 3.84. The van der Waals surface area contributed by atoms with Crippen molar-refractivity contribution in [3.63, 3.8) is 0 Å². The number of fused-ring (bicyclic) bond motifs is 1. The smallest absolute Gasteiger partial charge is 0.276 e. The molecule has 21 heavy (non-hydrogen) atoms. The number of amides is 1. The van der Waals surface area contributed by atoms with Crippen LogP contribution in [0.5, 0.6) is 0 Å². The molecule has 1 fully saturated rings. The summed E-state index contributed by atoms with van der Waals surface area (Å²) in [7, 11) is 2.06. The van der Waals surface area contributed by atoms with Crippen LogP contribution < -0.4 is 0 Å². The number of hydrogen-bond donors (Lipinski definition) is 0. The zero-order valence-corrected chi connectivity index (χ0v) is 12.6. The van der Waals surface area contributed by atoms with E-state index in [2.05, 4.69) is 32.2 Å². The summed E-state index contributed by atoms with van der Waals surface area (Å²) in [5, 5.41) is 12.4. The average Bonchev–Trinajstić information content (AvgIpc) is 2.92. The predicted octanol–water partition coefficient (Wildman–Crippen LogP) is -0.222. The van der Waals surface area contributed by atoms with Crippen LogP contribution in [0.15, 0.2) is 0 Å². The molecule has 3 rings (SSSR count). The molecule has 0 N–H and O–H groups in total. The lowest BCUT2D eigenvalue weighted by atomic mass is 10.2. The van der Waals surface area contributed by atoms with E-state index >= 15 is 0 Å². The molecule has 112 valence electrons. The number of aryl methyl sites for hydroxylation is 2. The third-order valence-corrected chi connectivity index (χ3v) is 3.84. The van der Waals surface area contributed by atoms with E-state index in [-0.39, 0.29) is 5.91 Å². The van der Waals surface area contributed by atoms with Crippen molar-refractivity contribution in [3.05, 3.63) is 17.2 Å². The summed E-state index contributed by atoms with van der Waals surface area (Å²) >= 11 is 0. The van der Waals surface area contributed by atoms with Crippen molar-refractivity contribution in [2.24, 2.45) is 0 Å². The number of carbonyl (C=O) groups excluding carboxylic acids is 1. The van der Waals surface area contributed by atoms with Crippen LogP contribution in [0.4, 0.5) is 0 Å². The van der Waals surface area contributed by atoms with Crippen LogP contribution >= 0.6 is 0 Å². The molecular weight excluding hydrogens is 270 g/mol. The lowest BCUT2D eigenvalue weighted by Gasteiger charge is -2.32. The Morgan fingerprint density at radius 2 is 1.90 bits per heavy atom. The minimum atomic E-state index is -0.0800. The lowest BCUT2D eigenvalue weighted by molar-refractivity contribution is 0.0655. The average molecular weight is 289 g/mol. The van der Waals surface area contributed by atoms with E-state index in [1.54, 1.807) is 4.52 Å². The van der Waals surface area contributed by atoms with Gasteiger partial charge in [0.05, 0.1) is 5.69 Å². The maximum atomic E-state index is 12.6. The molecule has 3 heterocycles. The van der Waals surface area contributed by atoms with Crippen molar-refractivity contribution in [1.82, 2.24) is 34.6 Å². The third kappa shape index (κ3) is 2.46. The van der Waals surface area contributed by atoms with Gasteiger partial charge >= 0.3 is 0 Å². The second kappa shape index (κ2) is 5.36. The van der Waals surface area contributed by atoms with Gasteiger partial charge in [-0.15, -0.1) is 15.3 Å². The van der Waals surface area contributed by atoms with Gasteiger partial charge in [-0.2, -0.15) is 9.50 Å². The monoisotopic (exact) mass is 289 g/mol. The molecule has 0 spiro atoms. The Morgan fingerprint density at radius 3 is 2.57 bits per heavy atom. The largest absolute Gasteiger partial charge is 0.335 e. The number of likely N-dealkylation sites (N-methyl/N-ethyl adjacent to an activating group) is 1. The molecule has 8 nitrogen and oxygen atoms in total. The maximum absolute atomic E-state index is 12.6. The minimum absolute atomic E-state index is 0.0800. The zero-order valence-electron chi connectivity index (χ0n) is 12.6. The fourth-order valence-electron chi connectivity index (χ4n) is 2.41. The summed E-state index contributed by atoms with van der Waals surface area (Å²) in [5.74, 6) is 1.07. The molecule has 2 aromatic rings. The van der Waals surface area contributed by atoms with Gasteiger partial charge in [0.1, 0.15) is 0 Å². The molecule has 0 aromatic carbocycles. The summed E-state index contributed by atoms with van der Waals surface area (Å²) < 4.78 is 1.61. The van der Waals surface area contributed by atoms with Gasteiger partial charge in [0.15, 0.2) is 11.5 Å². The highest BCUT2D eigenvalue weighted by atomic mass is 16.2. The van der Waals surface area contributed by atoms with Crippen molar-refractivity contribution in [2.75, 3.05) is 33.2 Å². The molecule has 0 radical (unpaired) electrons. The van der Waals surface area contributed by atoms with Crippen LogP contribution in [0.3, 0.4) is 0 Å². The Morgan fingerprint density at radius 1 is 1.19 bits per heavy atom. The van der Waals surface area contributed by atoms with Crippen molar-refractivity contribution < 1.29 is 4.79 Å².